The van der Waals surface area contributed by atoms with Crippen LogP contribution in [-0.4, -0.2) is 34.3 Å². The SMILES string of the molecule is O=C(Oc1ccc2c(c1)S(=O)(=O)NCN2CCF)c1ccccc1. The lowest BCUT2D eigenvalue weighted by atomic mass is 10.2. The second-order valence-electron chi connectivity index (χ2n) is 5.14. The summed E-state index contributed by atoms with van der Waals surface area (Å²) in [5, 5.41) is 0. The number of ether oxygens (including phenoxy) is 1. The van der Waals surface area contributed by atoms with Crippen LogP contribution < -0.4 is 14.4 Å². The zero-order valence-electron chi connectivity index (χ0n) is 12.6. The van der Waals surface area contributed by atoms with Gasteiger partial charge < -0.3 is 9.64 Å². The Hall–Kier alpha value is -2.45. The molecule has 0 aliphatic carbocycles. The number of halogens is 1. The van der Waals surface area contributed by atoms with Gasteiger partial charge in [-0.3, -0.25) is 0 Å². The quantitative estimate of drug-likeness (QED) is 0.674. The molecule has 0 aromatic heterocycles. The van der Waals surface area contributed by atoms with Crippen molar-refractivity contribution < 1.29 is 22.3 Å². The van der Waals surface area contributed by atoms with E-state index >= 15 is 0 Å². The summed E-state index contributed by atoms with van der Waals surface area (Å²) in [5.41, 5.74) is 0.737. The van der Waals surface area contributed by atoms with Crippen molar-refractivity contribution in [3.63, 3.8) is 0 Å². The zero-order valence-corrected chi connectivity index (χ0v) is 13.4. The van der Waals surface area contributed by atoms with E-state index < -0.39 is 22.7 Å². The predicted molar refractivity (Wildman–Crippen MR) is 86.4 cm³/mol. The Morgan fingerprint density at radius 3 is 2.67 bits per heavy atom. The van der Waals surface area contributed by atoms with Crippen molar-refractivity contribution >= 4 is 21.7 Å². The molecule has 3 rings (SSSR count). The van der Waals surface area contributed by atoms with E-state index in [1.165, 1.54) is 18.2 Å². The third kappa shape index (κ3) is 3.24. The van der Waals surface area contributed by atoms with Crippen LogP contribution >= 0.6 is 0 Å². The second kappa shape index (κ2) is 6.58. The summed E-state index contributed by atoms with van der Waals surface area (Å²) in [6.07, 6.45) is 0. The number of hydrogen-bond acceptors (Lipinski definition) is 5. The molecule has 126 valence electrons. The number of carbonyl (C=O) groups excluding carboxylic acids is 1. The normalized spacial score (nSPS) is 15.6. The summed E-state index contributed by atoms with van der Waals surface area (Å²) in [7, 11) is -3.72. The Balaban J connectivity index is 1.91. The van der Waals surface area contributed by atoms with Crippen molar-refractivity contribution in [1.29, 1.82) is 0 Å². The molecule has 0 bridgehead atoms. The van der Waals surface area contributed by atoms with Crippen LogP contribution in [0.2, 0.25) is 0 Å². The van der Waals surface area contributed by atoms with Gasteiger partial charge in [-0.2, -0.15) is 4.72 Å². The number of carbonyl (C=O) groups is 1. The summed E-state index contributed by atoms with van der Waals surface area (Å²) < 4.78 is 44.5. The Kier molecular flexibility index (Phi) is 4.50. The first-order valence-electron chi connectivity index (χ1n) is 7.23. The molecule has 1 aliphatic rings. The molecule has 1 N–H and O–H groups in total. The number of nitrogens with zero attached hydrogens (tertiary/aromatic N) is 1. The number of anilines is 1. The van der Waals surface area contributed by atoms with Crippen molar-refractivity contribution in [2.75, 3.05) is 24.8 Å². The minimum absolute atomic E-state index is 0.00238. The van der Waals surface area contributed by atoms with Gasteiger partial charge in [-0.15, -0.1) is 0 Å². The molecule has 1 aliphatic heterocycles. The molecular weight excluding hydrogens is 335 g/mol. The molecule has 0 radical (unpaired) electrons. The van der Waals surface area contributed by atoms with Gasteiger partial charge in [-0.05, 0) is 24.3 Å². The van der Waals surface area contributed by atoms with Gasteiger partial charge in [0.15, 0.2) is 0 Å². The Bertz CT molecular complexity index is 856. The van der Waals surface area contributed by atoms with E-state index in [0.29, 0.717) is 11.3 Å². The molecule has 0 saturated heterocycles. The fourth-order valence-corrected chi connectivity index (χ4v) is 3.63. The van der Waals surface area contributed by atoms with Crippen LogP contribution in [0, 0.1) is 0 Å². The Morgan fingerprint density at radius 2 is 1.96 bits per heavy atom. The highest BCUT2D eigenvalue weighted by molar-refractivity contribution is 7.89. The maximum Gasteiger partial charge on any atom is 0.343 e. The first-order chi connectivity index (χ1) is 11.5. The molecule has 2 aromatic carbocycles. The lowest BCUT2D eigenvalue weighted by molar-refractivity contribution is 0.0734. The molecule has 0 amide bonds. The summed E-state index contributed by atoms with van der Waals surface area (Å²) in [5.74, 6) is -0.479. The Labute approximate surface area is 138 Å². The molecule has 1 heterocycles. The number of alkyl halides is 1. The largest absolute Gasteiger partial charge is 0.423 e. The molecule has 0 fully saturated rings. The van der Waals surface area contributed by atoms with Gasteiger partial charge in [0.2, 0.25) is 10.0 Å². The van der Waals surface area contributed by atoms with Crippen molar-refractivity contribution in [3.05, 3.63) is 54.1 Å². The first kappa shape index (κ1) is 16.4. The minimum atomic E-state index is -3.72. The molecule has 0 unspecified atom stereocenters. The minimum Gasteiger partial charge on any atom is -0.423 e. The summed E-state index contributed by atoms with van der Waals surface area (Å²) in [6, 6.07) is 12.6. The van der Waals surface area contributed by atoms with Crippen LogP contribution in [0.25, 0.3) is 0 Å². The third-order valence-electron chi connectivity index (χ3n) is 3.58. The van der Waals surface area contributed by atoms with E-state index in [9.17, 15) is 17.6 Å². The summed E-state index contributed by atoms with van der Waals surface area (Å²) in [6.45, 7) is -0.535. The average Bonchev–Trinajstić information content (AvgIpc) is 2.59. The van der Waals surface area contributed by atoms with Crippen molar-refractivity contribution in [2.24, 2.45) is 0 Å². The van der Waals surface area contributed by atoms with Crippen LogP contribution in [0.1, 0.15) is 10.4 Å². The van der Waals surface area contributed by atoms with Gasteiger partial charge in [-0.1, -0.05) is 18.2 Å². The van der Waals surface area contributed by atoms with E-state index in [-0.39, 0.29) is 23.9 Å². The molecule has 0 atom stereocenters. The fourth-order valence-electron chi connectivity index (χ4n) is 2.40. The smallest absolute Gasteiger partial charge is 0.343 e. The van der Waals surface area contributed by atoms with Crippen LogP contribution in [0.15, 0.2) is 53.4 Å². The number of sulfonamides is 1. The van der Waals surface area contributed by atoms with Crippen LogP contribution in [0.5, 0.6) is 5.75 Å². The number of hydrogen-bond donors (Lipinski definition) is 1. The van der Waals surface area contributed by atoms with Gasteiger partial charge >= 0.3 is 5.97 Å². The van der Waals surface area contributed by atoms with Crippen molar-refractivity contribution in [2.45, 2.75) is 4.90 Å². The van der Waals surface area contributed by atoms with Crippen molar-refractivity contribution in [3.8, 4) is 5.75 Å². The molecule has 8 heteroatoms. The van der Waals surface area contributed by atoms with E-state index in [1.807, 2.05) is 0 Å². The molecule has 6 nitrogen and oxygen atoms in total. The van der Waals surface area contributed by atoms with Gasteiger partial charge in [0, 0.05) is 12.6 Å². The number of fused-ring (bicyclic) bond motifs is 1. The number of esters is 1. The predicted octanol–water partition coefficient (Wildman–Crippen LogP) is 1.93. The van der Waals surface area contributed by atoms with E-state index in [1.54, 1.807) is 35.2 Å². The second-order valence-corrected chi connectivity index (χ2v) is 6.88. The molecular formula is C16H15FN2O4S. The Morgan fingerprint density at radius 1 is 1.21 bits per heavy atom. The highest BCUT2D eigenvalue weighted by Crippen LogP contribution is 2.32. The van der Waals surface area contributed by atoms with Gasteiger partial charge in [0.05, 0.1) is 17.9 Å². The highest BCUT2D eigenvalue weighted by Gasteiger charge is 2.28. The van der Waals surface area contributed by atoms with Crippen LogP contribution in [0.3, 0.4) is 0 Å². The summed E-state index contributed by atoms with van der Waals surface area (Å²) in [4.78, 5) is 13.6. The van der Waals surface area contributed by atoms with E-state index in [4.69, 9.17) is 4.74 Å². The van der Waals surface area contributed by atoms with Crippen LogP contribution in [-0.2, 0) is 10.0 Å². The zero-order chi connectivity index (χ0) is 17.2. The first-order valence-corrected chi connectivity index (χ1v) is 8.71. The molecule has 0 spiro atoms. The van der Waals surface area contributed by atoms with Crippen LogP contribution in [0.4, 0.5) is 10.1 Å². The lowest BCUT2D eigenvalue weighted by Gasteiger charge is -2.30. The molecule has 0 saturated carbocycles. The molecule has 2 aromatic rings. The standard InChI is InChI=1S/C16H15FN2O4S/c17-8-9-19-11-18-24(21,22)15-10-13(6-7-14(15)19)23-16(20)12-4-2-1-3-5-12/h1-7,10,18H,8-9,11H2. The third-order valence-corrected chi connectivity index (χ3v) is 5.00. The number of benzene rings is 2. The molecule has 24 heavy (non-hydrogen) atoms. The maximum atomic E-state index is 12.6. The van der Waals surface area contributed by atoms with E-state index in [2.05, 4.69) is 4.72 Å². The highest BCUT2D eigenvalue weighted by atomic mass is 32.2. The lowest BCUT2D eigenvalue weighted by Crippen LogP contribution is -2.44. The maximum absolute atomic E-state index is 12.6. The average molecular weight is 350 g/mol. The monoisotopic (exact) mass is 350 g/mol. The fraction of sp³-hybridized carbons (Fsp3) is 0.188. The number of rotatable bonds is 4. The topological polar surface area (TPSA) is 75.7 Å². The van der Waals surface area contributed by atoms with E-state index in [0.717, 1.165) is 0 Å². The van der Waals surface area contributed by atoms with Gasteiger partial charge in [-0.25, -0.2) is 17.6 Å². The van der Waals surface area contributed by atoms with Gasteiger partial charge in [0.25, 0.3) is 0 Å². The van der Waals surface area contributed by atoms with Crippen molar-refractivity contribution in [1.82, 2.24) is 4.72 Å². The van der Waals surface area contributed by atoms with Gasteiger partial charge in [0.1, 0.15) is 17.3 Å². The summed E-state index contributed by atoms with van der Waals surface area (Å²) >= 11 is 0. The number of nitrogens with one attached hydrogen (secondary N) is 1.